The molecule has 0 saturated carbocycles. The fourth-order valence-electron chi connectivity index (χ4n) is 1.93. The van der Waals surface area contributed by atoms with Crippen molar-refractivity contribution in [2.24, 2.45) is 0 Å². The summed E-state index contributed by atoms with van der Waals surface area (Å²) in [6, 6.07) is 10.1. The number of benzene rings is 1. The van der Waals surface area contributed by atoms with Gasteiger partial charge in [-0.25, -0.2) is 8.78 Å². The molecule has 0 saturated heterocycles. The number of hydrogen-bond donors (Lipinski definition) is 0. The van der Waals surface area contributed by atoms with E-state index in [4.69, 9.17) is 33.2 Å². The molecule has 1 radical (unpaired) electrons. The van der Waals surface area contributed by atoms with Crippen LogP contribution in [0, 0.1) is 17.4 Å². The smallest absolute Gasteiger partial charge is 0.256 e. The standard InChI is InChI=1S/C15H9Cl2F2N2O2.Y/c16-11-3-4-13(21(15(11)22)8-14(18)19)10-2-1-9(7-12(10)17)23-6-5-20;/h1-3,7,14H,6,8H2;/q-1;. The second-order valence-electron chi connectivity index (χ2n) is 4.38. The Balaban J connectivity index is 0.00000288. The third-order valence-electron chi connectivity index (χ3n) is 2.87. The molecule has 1 aromatic carbocycles. The van der Waals surface area contributed by atoms with E-state index >= 15 is 0 Å². The molecule has 1 heterocycles. The minimum absolute atomic E-state index is 0. The molecular weight excluding hydrogens is 438 g/mol. The molecule has 123 valence electrons. The molecular formula is C15H9Cl2F2N2O2Y-. The van der Waals surface area contributed by atoms with Crippen molar-refractivity contribution in [3.63, 3.8) is 0 Å². The van der Waals surface area contributed by atoms with Crippen LogP contribution < -0.4 is 10.3 Å². The molecule has 9 heteroatoms. The van der Waals surface area contributed by atoms with Gasteiger partial charge in [0.25, 0.3) is 6.43 Å². The van der Waals surface area contributed by atoms with Crippen molar-refractivity contribution >= 4 is 23.2 Å². The van der Waals surface area contributed by atoms with Gasteiger partial charge < -0.3 is 9.30 Å². The Hall–Kier alpha value is -0.996. The summed E-state index contributed by atoms with van der Waals surface area (Å²) < 4.78 is 31.4. The van der Waals surface area contributed by atoms with Gasteiger partial charge in [0.1, 0.15) is 11.8 Å². The van der Waals surface area contributed by atoms with Gasteiger partial charge in [-0.2, -0.15) is 29.0 Å². The summed E-state index contributed by atoms with van der Waals surface area (Å²) in [6.45, 7) is -0.979. The molecule has 2 rings (SSSR count). The van der Waals surface area contributed by atoms with E-state index in [1.54, 1.807) is 0 Å². The van der Waals surface area contributed by atoms with Gasteiger partial charge in [-0.05, 0) is 17.2 Å². The van der Waals surface area contributed by atoms with E-state index in [1.165, 1.54) is 24.3 Å². The first-order valence-corrected chi connectivity index (χ1v) is 7.08. The zero-order valence-electron chi connectivity index (χ0n) is 12.1. The predicted molar refractivity (Wildman–Crippen MR) is 82.1 cm³/mol. The minimum atomic E-state index is -2.74. The molecule has 0 aliphatic carbocycles. The number of hydrogen-bond acceptors (Lipinski definition) is 3. The second-order valence-corrected chi connectivity index (χ2v) is 5.19. The van der Waals surface area contributed by atoms with Crippen LogP contribution in [0.4, 0.5) is 8.78 Å². The van der Waals surface area contributed by atoms with Gasteiger partial charge >= 0.3 is 0 Å². The number of nitrogens with zero attached hydrogens (tertiary/aromatic N) is 2. The Labute approximate surface area is 171 Å². The van der Waals surface area contributed by atoms with Gasteiger partial charge in [0.15, 0.2) is 6.61 Å². The SMILES string of the molecule is N#CCOc1ccc(-c2[c-]cc(Cl)c(=O)n2CC(F)F)c(Cl)c1.[Y]. The molecule has 0 spiro atoms. The largest absolute Gasteiger partial charge is 0.479 e. The fraction of sp³-hybridized carbons (Fsp3) is 0.200. The van der Waals surface area contributed by atoms with E-state index in [1.807, 2.05) is 6.07 Å². The van der Waals surface area contributed by atoms with Crippen LogP contribution in [0.15, 0.2) is 29.1 Å². The van der Waals surface area contributed by atoms with Gasteiger partial charge in [-0.15, -0.1) is 6.07 Å². The molecule has 0 atom stereocenters. The summed E-state index contributed by atoms with van der Waals surface area (Å²) in [5.41, 5.74) is -0.330. The van der Waals surface area contributed by atoms with Crippen LogP contribution in [-0.2, 0) is 39.3 Å². The predicted octanol–water partition coefficient (Wildman–Crippen LogP) is 3.79. The molecule has 2 aromatic rings. The number of pyridine rings is 1. The van der Waals surface area contributed by atoms with Gasteiger partial charge in [0, 0.05) is 37.7 Å². The third kappa shape index (κ3) is 5.00. The van der Waals surface area contributed by atoms with Crippen LogP contribution >= 0.6 is 23.2 Å². The molecule has 0 N–H and O–H groups in total. The summed E-state index contributed by atoms with van der Waals surface area (Å²) in [5, 5.41) is 8.43. The van der Waals surface area contributed by atoms with Crippen LogP contribution in [0.5, 0.6) is 5.75 Å². The number of rotatable bonds is 5. The Morgan fingerprint density at radius 1 is 1.33 bits per heavy atom. The number of ether oxygens (including phenoxy) is 1. The van der Waals surface area contributed by atoms with E-state index in [0.29, 0.717) is 11.3 Å². The summed E-state index contributed by atoms with van der Waals surface area (Å²) in [5.74, 6) is 0.344. The van der Waals surface area contributed by atoms with E-state index < -0.39 is 18.5 Å². The van der Waals surface area contributed by atoms with E-state index in [0.717, 1.165) is 4.57 Å². The van der Waals surface area contributed by atoms with Crippen LogP contribution in [0.2, 0.25) is 10.0 Å². The zero-order chi connectivity index (χ0) is 17.0. The van der Waals surface area contributed by atoms with Crippen molar-refractivity contribution in [1.82, 2.24) is 4.57 Å². The average molecular weight is 447 g/mol. The molecule has 1 aromatic heterocycles. The monoisotopic (exact) mass is 446 g/mol. The fourth-order valence-corrected chi connectivity index (χ4v) is 2.35. The number of halogens is 4. The molecule has 0 fully saturated rings. The maximum Gasteiger partial charge on any atom is 0.256 e. The third-order valence-corrected chi connectivity index (χ3v) is 3.46. The normalized spacial score (nSPS) is 10.2. The Bertz CT molecular complexity index is 822. The maximum atomic E-state index is 12.7. The summed E-state index contributed by atoms with van der Waals surface area (Å²) in [7, 11) is 0. The van der Waals surface area contributed by atoms with Crippen LogP contribution in [0.1, 0.15) is 0 Å². The molecule has 0 unspecified atom stereocenters. The average Bonchev–Trinajstić information content (AvgIpc) is 2.50. The van der Waals surface area contributed by atoms with Crippen molar-refractivity contribution < 1.29 is 46.2 Å². The Morgan fingerprint density at radius 3 is 2.62 bits per heavy atom. The van der Waals surface area contributed by atoms with Crippen molar-refractivity contribution in [3.05, 3.63) is 50.7 Å². The molecule has 0 amide bonds. The first kappa shape index (κ1) is 21.0. The quantitative estimate of drug-likeness (QED) is 0.656. The van der Waals surface area contributed by atoms with Gasteiger partial charge in [-0.1, -0.05) is 22.9 Å². The molecule has 24 heavy (non-hydrogen) atoms. The first-order valence-electron chi connectivity index (χ1n) is 6.33. The minimum Gasteiger partial charge on any atom is -0.479 e. The number of alkyl halides is 2. The molecule has 0 bridgehead atoms. The Kier molecular flexibility index (Phi) is 8.31. The van der Waals surface area contributed by atoms with E-state index in [-0.39, 0.29) is 55.1 Å². The van der Waals surface area contributed by atoms with Gasteiger partial charge in [0.2, 0.25) is 5.56 Å². The van der Waals surface area contributed by atoms with E-state index in [2.05, 4.69) is 6.07 Å². The first-order chi connectivity index (χ1) is 10.9. The van der Waals surface area contributed by atoms with Crippen LogP contribution in [0.25, 0.3) is 11.3 Å². The summed E-state index contributed by atoms with van der Waals surface area (Å²) in [4.78, 5) is 12.0. The van der Waals surface area contributed by atoms with Gasteiger partial charge in [-0.3, -0.25) is 4.79 Å². The van der Waals surface area contributed by atoms with Crippen molar-refractivity contribution in [1.29, 1.82) is 5.26 Å². The maximum absolute atomic E-state index is 12.7. The van der Waals surface area contributed by atoms with Crippen LogP contribution in [-0.4, -0.2) is 17.6 Å². The van der Waals surface area contributed by atoms with Crippen LogP contribution in [0.3, 0.4) is 0 Å². The van der Waals surface area contributed by atoms with Crippen molar-refractivity contribution in [3.8, 4) is 23.1 Å². The van der Waals surface area contributed by atoms with Crippen molar-refractivity contribution in [2.45, 2.75) is 13.0 Å². The molecule has 4 nitrogen and oxygen atoms in total. The van der Waals surface area contributed by atoms with Gasteiger partial charge in [0.05, 0.1) is 6.54 Å². The Morgan fingerprint density at radius 2 is 2.04 bits per heavy atom. The summed E-state index contributed by atoms with van der Waals surface area (Å²) in [6.07, 6.45) is -2.74. The number of nitriles is 1. The van der Waals surface area contributed by atoms with E-state index in [9.17, 15) is 13.6 Å². The zero-order valence-corrected chi connectivity index (χ0v) is 16.5. The topological polar surface area (TPSA) is 55.0 Å². The second kappa shape index (κ2) is 9.48. The van der Waals surface area contributed by atoms with Crippen molar-refractivity contribution in [2.75, 3.05) is 6.61 Å². The molecule has 0 aliphatic rings. The summed E-state index contributed by atoms with van der Waals surface area (Å²) >= 11 is 11.8. The molecule has 0 aliphatic heterocycles. The number of aromatic nitrogens is 1.